The number of carboxylic acids is 1. The number of terminal acetylenes is 1. The summed E-state index contributed by atoms with van der Waals surface area (Å²) in [5, 5.41) is 14.7. The Kier molecular flexibility index (Phi) is 6.32. The van der Waals surface area contributed by atoms with Crippen LogP contribution in [0.25, 0.3) is 0 Å². The number of ether oxygens (including phenoxy) is 1. The fourth-order valence-electron chi connectivity index (χ4n) is 2.15. The molecule has 0 bridgehead atoms. The van der Waals surface area contributed by atoms with Gasteiger partial charge in [-0.25, -0.2) is 4.79 Å². The third-order valence-corrected chi connectivity index (χ3v) is 3.68. The van der Waals surface area contributed by atoms with E-state index in [2.05, 4.69) is 16.6 Å². The number of amides is 2. The van der Waals surface area contributed by atoms with Gasteiger partial charge in [0.25, 0.3) is 0 Å². The van der Waals surface area contributed by atoms with Crippen molar-refractivity contribution in [3.63, 3.8) is 0 Å². The molecule has 1 aliphatic heterocycles. The lowest BCUT2D eigenvalue weighted by atomic mass is 9.80. The van der Waals surface area contributed by atoms with E-state index in [1.807, 2.05) is 6.92 Å². The molecule has 1 aliphatic rings. The minimum absolute atomic E-state index is 0.0875. The Morgan fingerprint density at radius 3 is 2.60 bits per heavy atom. The van der Waals surface area contributed by atoms with Gasteiger partial charge < -0.3 is 20.5 Å². The Labute approximate surface area is 119 Å². The topological polar surface area (TPSA) is 87.7 Å². The lowest BCUT2D eigenvalue weighted by Gasteiger charge is -2.33. The molecule has 1 rings (SSSR count). The van der Waals surface area contributed by atoms with Gasteiger partial charge in [0.15, 0.2) is 0 Å². The van der Waals surface area contributed by atoms with Gasteiger partial charge >= 0.3 is 12.0 Å². The third kappa shape index (κ3) is 4.42. The van der Waals surface area contributed by atoms with E-state index in [-0.39, 0.29) is 18.6 Å². The molecule has 6 heteroatoms. The molecule has 0 radical (unpaired) electrons. The third-order valence-electron chi connectivity index (χ3n) is 3.68. The smallest absolute Gasteiger partial charge is 0.315 e. The first-order valence-corrected chi connectivity index (χ1v) is 6.83. The second kappa shape index (κ2) is 7.75. The van der Waals surface area contributed by atoms with Crippen LogP contribution in [-0.4, -0.2) is 42.9 Å². The molecule has 0 saturated carbocycles. The summed E-state index contributed by atoms with van der Waals surface area (Å²) in [4.78, 5) is 23.2. The number of aliphatic carboxylic acids is 1. The van der Waals surface area contributed by atoms with Crippen molar-refractivity contribution in [1.29, 1.82) is 0 Å². The maximum Gasteiger partial charge on any atom is 0.315 e. The first-order valence-electron chi connectivity index (χ1n) is 6.83. The molecule has 3 N–H and O–H groups in total. The number of carbonyl (C=O) groups excluding carboxylic acids is 1. The van der Waals surface area contributed by atoms with E-state index in [1.54, 1.807) is 0 Å². The largest absolute Gasteiger partial charge is 0.481 e. The van der Waals surface area contributed by atoms with Crippen LogP contribution in [-0.2, 0) is 9.53 Å². The van der Waals surface area contributed by atoms with Crippen molar-refractivity contribution in [1.82, 2.24) is 10.6 Å². The van der Waals surface area contributed by atoms with Gasteiger partial charge in [-0.2, -0.15) is 0 Å². The van der Waals surface area contributed by atoms with E-state index in [4.69, 9.17) is 11.2 Å². The zero-order valence-corrected chi connectivity index (χ0v) is 11.8. The van der Waals surface area contributed by atoms with E-state index in [0.29, 0.717) is 32.5 Å². The van der Waals surface area contributed by atoms with Crippen LogP contribution in [0, 0.1) is 17.8 Å². The SMILES string of the molecule is C#CCC(CC)NC(=O)NCC1(C(=O)O)CCOCC1. The molecule has 0 aliphatic carbocycles. The van der Waals surface area contributed by atoms with Gasteiger partial charge in [0.05, 0.1) is 5.41 Å². The van der Waals surface area contributed by atoms with E-state index < -0.39 is 11.4 Å². The summed E-state index contributed by atoms with van der Waals surface area (Å²) in [6.45, 7) is 2.85. The van der Waals surface area contributed by atoms with Crippen molar-refractivity contribution in [2.24, 2.45) is 5.41 Å². The number of nitrogens with one attached hydrogen (secondary N) is 2. The highest BCUT2D eigenvalue weighted by atomic mass is 16.5. The summed E-state index contributed by atoms with van der Waals surface area (Å²) in [6, 6.07) is -0.463. The van der Waals surface area contributed by atoms with Crippen LogP contribution >= 0.6 is 0 Å². The molecular weight excluding hydrogens is 260 g/mol. The molecule has 20 heavy (non-hydrogen) atoms. The number of urea groups is 1. The number of hydrogen-bond donors (Lipinski definition) is 3. The summed E-state index contributed by atoms with van der Waals surface area (Å²) in [6.07, 6.45) is 7.22. The maximum absolute atomic E-state index is 11.8. The average Bonchev–Trinajstić information content (AvgIpc) is 2.45. The molecular formula is C14H22N2O4. The molecule has 0 aromatic heterocycles. The predicted octanol–water partition coefficient (Wildman–Crippen LogP) is 0.969. The van der Waals surface area contributed by atoms with Gasteiger partial charge in [0.1, 0.15) is 0 Å². The van der Waals surface area contributed by atoms with Gasteiger partial charge in [-0.15, -0.1) is 12.3 Å². The zero-order valence-electron chi connectivity index (χ0n) is 11.8. The number of hydrogen-bond acceptors (Lipinski definition) is 3. The molecule has 1 saturated heterocycles. The Bertz CT molecular complexity index is 383. The highest BCUT2D eigenvalue weighted by Crippen LogP contribution is 2.29. The van der Waals surface area contributed by atoms with E-state index in [1.165, 1.54) is 0 Å². The number of carbonyl (C=O) groups is 2. The second-order valence-electron chi connectivity index (χ2n) is 5.04. The lowest BCUT2D eigenvalue weighted by Crippen LogP contribution is -2.50. The first-order chi connectivity index (χ1) is 9.54. The Hall–Kier alpha value is -1.74. The Morgan fingerprint density at radius 2 is 2.10 bits per heavy atom. The monoisotopic (exact) mass is 282 g/mol. The van der Waals surface area contributed by atoms with Crippen LogP contribution in [0.15, 0.2) is 0 Å². The van der Waals surface area contributed by atoms with Gasteiger partial charge in [-0.1, -0.05) is 6.92 Å². The molecule has 0 aromatic carbocycles. The molecule has 112 valence electrons. The fourth-order valence-corrected chi connectivity index (χ4v) is 2.15. The van der Waals surface area contributed by atoms with E-state index >= 15 is 0 Å². The first kappa shape index (κ1) is 16.3. The van der Waals surface area contributed by atoms with Crippen LogP contribution < -0.4 is 10.6 Å². The highest BCUT2D eigenvalue weighted by molar-refractivity contribution is 5.78. The molecule has 0 spiro atoms. The van der Waals surface area contributed by atoms with Crippen LogP contribution in [0.5, 0.6) is 0 Å². The Morgan fingerprint density at radius 1 is 1.45 bits per heavy atom. The number of carboxylic acid groups (broad SMARTS) is 1. The molecule has 0 aromatic rings. The van der Waals surface area contributed by atoms with Crippen molar-refractivity contribution in [3.05, 3.63) is 0 Å². The quantitative estimate of drug-likeness (QED) is 0.633. The van der Waals surface area contributed by atoms with Crippen LogP contribution in [0.4, 0.5) is 4.79 Å². The summed E-state index contributed by atoms with van der Waals surface area (Å²) < 4.78 is 5.18. The molecule has 1 heterocycles. The maximum atomic E-state index is 11.8. The van der Waals surface area contributed by atoms with Crippen molar-refractivity contribution in [2.75, 3.05) is 19.8 Å². The Balaban J connectivity index is 2.49. The minimum Gasteiger partial charge on any atom is -0.481 e. The van der Waals surface area contributed by atoms with Gasteiger partial charge in [-0.3, -0.25) is 4.79 Å². The molecule has 6 nitrogen and oxygen atoms in total. The average molecular weight is 282 g/mol. The van der Waals surface area contributed by atoms with Crippen molar-refractivity contribution >= 4 is 12.0 Å². The second-order valence-corrected chi connectivity index (χ2v) is 5.04. The molecule has 1 unspecified atom stereocenters. The summed E-state index contributed by atoms with van der Waals surface area (Å²) in [7, 11) is 0. The van der Waals surface area contributed by atoms with E-state index in [0.717, 1.165) is 6.42 Å². The lowest BCUT2D eigenvalue weighted by molar-refractivity contribution is -0.154. The highest BCUT2D eigenvalue weighted by Gasteiger charge is 2.40. The van der Waals surface area contributed by atoms with Crippen molar-refractivity contribution in [2.45, 2.75) is 38.6 Å². The summed E-state index contributed by atoms with van der Waals surface area (Å²) >= 11 is 0. The van der Waals surface area contributed by atoms with Crippen molar-refractivity contribution < 1.29 is 19.4 Å². The van der Waals surface area contributed by atoms with Crippen LogP contribution in [0.1, 0.15) is 32.6 Å². The number of rotatable bonds is 6. The van der Waals surface area contributed by atoms with Gasteiger partial charge in [-0.05, 0) is 19.3 Å². The van der Waals surface area contributed by atoms with Crippen molar-refractivity contribution in [3.8, 4) is 12.3 Å². The molecule has 1 fully saturated rings. The van der Waals surface area contributed by atoms with Crippen LogP contribution in [0.2, 0.25) is 0 Å². The molecule has 1 atom stereocenters. The standard InChI is InChI=1S/C14H22N2O4/c1-3-5-11(4-2)16-13(19)15-10-14(12(17)18)6-8-20-9-7-14/h1,11H,4-10H2,2H3,(H,17,18)(H2,15,16,19). The van der Waals surface area contributed by atoms with E-state index in [9.17, 15) is 14.7 Å². The molecule has 2 amide bonds. The minimum atomic E-state index is -0.927. The van der Waals surface area contributed by atoms with Crippen LogP contribution in [0.3, 0.4) is 0 Å². The zero-order chi connectivity index (χ0) is 15.0. The summed E-state index contributed by atoms with van der Waals surface area (Å²) in [5.74, 6) is 1.61. The summed E-state index contributed by atoms with van der Waals surface area (Å²) in [5.41, 5.74) is -0.927. The normalized spacial score (nSPS) is 18.6. The fraction of sp³-hybridized carbons (Fsp3) is 0.714. The van der Waals surface area contributed by atoms with Gasteiger partial charge in [0.2, 0.25) is 0 Å². The van der Waals surface area contributed by atoms with Gasteiger partial charge in [0, 0.05) is 32.2 Å². The predicted molar refractivity (Wildman–Crippen MR) is 74.2 cm³/mol.